The van der Waals surface area contributed by atoms with E-state index in [9.17, 15) is 9.59 Å². The van der Waals surface area contributed by atoms with Crippen molar-refractivity contribution in [2.24, 2.45) is 4.99 Å². The van der Waals surface area contributed by atoms with E-state index in [4.69, 9.17) is 0 Å². The number of allylic oxidation sites excluding steroid dienone is 4. The molecule has 1 unspecified atom stereocenters. The molecule has 1 atom stereocenters. The molecular weight excluding hydrogens is 376 g/mol. The first-order chi connectivity index (χ1) is 14.4. The highest BCUT2D eigenvalue weighted by molar-refractivity contribution is 6.03. The number of fused-ring (bicyclic) bond motifs is 3. The van der Waals surface area contributed by atoms with E-state index in [1.165, 1.54) is 5.56 Å². The topological polar surface area (TPSA) is 67.3 Å². The Bertz CT molecular complexity index is 1150. The zero-order valence-electron chi connectivity index (χ0n) is 17.8. The van der Waals surface area contributed by atoms with Crippen LogP contribution in [0, 0.1) is 6.92 Å². The van der Waals surface area contributed by atoms with Gasteiger partial charge in [-0.25, -0.2) is 4.57 Å². The summed E-state index contributed by atoms with van der Waals surface area (Å²) in [5.74, 6) is 0.817. The Morgan fingerprint density at radius 3 is 2.63 bits per heavy atom. The van der Waals surface area contributed by atoms with Crippen LogP contribution in [0.1, 0.15) is 49.6 Å². The number of benzene rings is 1. The summed E-state index contributed by atoms with van der Waals surface area (Å²) in [5, 5.41) is 2.97. The molecule has 4 rings (SSSR count). The second-order valence-corrected chi connectivity index (χ2v) is 8.03. The Balaban J connectivity index is 1.67. The molecule has 154 valence electrons. The third-order valence-electron chi connectivity index (χ3n) is 5.77. The number of anilines is 1. The van der Waals surface area contributed by atoms with Crippen LogP contribution in [0.3, 0.4) is 0 Å². The predicted octanol–water partition coefficient (Wildman–Crippen LogP) is 3.52. The number of carbonyl (C=O) groups is 1. The Labute approximate surface area is 176 Å². The minimum atomic E-state index is -0.207. The highest BCUT2D eigenvalue weighted by Gasteiger charge is 2.38. The Morgan fingerprint density at radius 2 is 1.97 bits per heavy atom. The predicted molar refractivity (Wildman–Crippen MR) is 119 cm³/mol. The number of hydrogen-bond acceptors (Lipinski definition) is 3. The lowest BCUT2D eigenvalue weighted by atomic mass is 10.0. The second kappa shape index (κ2) is 7.86. The molecule has 6 heteroatoms. The molecule has 1 aliphatic heterocycles. The van der Waals surface area contributed by atoms with Crippen LogP contribution in [-0.4, -0.2) is 16.2 Å². The molecule has 0 saturated heterocycles. The van der Waals surface area contributed by atoms with Crippen molar-refractivity contribution in [1.82, 2.24) is 4.57 Å². The summed E-state index contributed by atoms with van der Waals surface area (Å²) in [4.78, 5) is 30.6. The monoisotopic (exact) mass is 403 g/mol. The molecule has 2 aromatic rings. The van der Waals surface area contributed by atoms with Crippen molar-refractivity contribution in [1.29, 1.82) is 0 Å². The van der Waals surface area contributed by atoms with Gasteiger partial charge in [-0.3, -0.25) is 9.59 Å². The van der Waals surface area contributed by atoms with Gasteiger partial charge < -0.3 is 5.32 Å². The van der Waals surface area contributed by atoms with Gasteiger partial charge in [0.25, 0.3) is 5.91 Å². The first kappa shape index (κ1) is 20.0. The Hall–Kier alpha value is -3.28. The summed E-state index contributed by atoms with van der Waals surface area (Å²) in [7, 11) is 0. The molecule has 1 amide bonds. The normalized spacial score (nSPS) is 16.4. The van der Waals surface area contributed by atoms with E-state index in [-0.39, 0.29) is 24.1 Å². The maximum Gasteiger partial charge on any atom is 0.403 e. The molecule has 0 spiro atoms. The average Bonchev–Trinajstić information content (AvgIpc) is 3.11. The van der Waals surface area contributed by atoms with Gasteiger partial charge in [0.1, 0.15) is 0 Å². The van der Waals surface area contributed by atoms with Crippen LogP contribution in [0.5, 0.6) is 0 Å². The van der Waals surface area contributed by atoms with Crippen LogP contribution in [0.15, 0.2) is 58.4 Å². The highest BCUT2D eigenvalue weighted by atomic mass is 16.2. The number of nitrogens with one attached hydrogen (secondary N) is 1. The molecule has 0 saturated carbocycles. The molecule has 2 aliphatic rings. The molecule has 1 aromatic carbocycles. The molecule has 1 N–H and O–H groups in total. The number of rotatable bonds is 5. The lowest BCUT2D eigenvalue weighted by molar-refractivity contribution is -0.681. The molecular formula is C24H27N4O2+. The van der Waals surface area contributed by atoms with Gasteiger partial charge >= 0.3 is 11.5 Å². The van der Waals surface area contributed by atoms with Gasteiger partial charge in [0.2, 0.25) is 0 Å². The minimum Gasteiger partial charge on any atom is -0.323 e. The molecule has 0 fully saturated rings. The summed E-state index contributed by atoms with van der Waals surface area (Å²) < 4.78 is 3.55. The van der Waals surface area contributed by atoms with Gasteiger partial charge in [-0.05, 0) is 49.1 Å². The second-order valence-electron chi connectivity index (χ2n) is 8.03. The van der Waals surface area contributed by atoms with E-state index in [2.05, 4.69) is 24.2 Å². The van der Waals surface area contributed by atoms with E-state index < -0.39 is 0 Å². The maximum atomic E-state index is 13.1. The smallest absolute Gasteiger partial charge is 0.323 e. The van der Waals surface area contributed by atoms with Crippen LogP contribution in [0.4, 0.5) is 11.6 Å². The van der Waals surface area contributed by atoms with Crippen molar-refractivity contribution < 1.29 is 9.36 Å². The van der Waals surface area contributed by atoms with Crippen LogP contribution in [-0.2, 0) is 17.8 Å². The van der Waals surface area contributed by atoms with Crippen molar-refractivity contribution in [3.8, 4) is 0 Å². The molecule has 1 aromatic heterocycles. The number of aromatic nitrogens is 2. The van der Waals surface area contributed by atoms with Crippen molar-refractivity contribution >= 4 is 23.3 Å². The summed E-state index contributed by atoms with van der Waals surface area (Å²) in [6.45, 7) is 8.22. The average molecular weight is 404 g/mol. The largest absolute Gasteiger partial charge is 0.403 e. The van der Waals surface area contributed by atoms with E-state index in [1.54, 1.807) is 4.57 Å². The molecule has 1 aliphatic carbocycles. The fourth-order valence-electron chi connectivity index (χ4n) is 4.05. The third kappa shape index (κ3) is 3.43. The molecule has 6 nitrogen and oxygen atoms in total. The van der Waals surface area contributed by atoms with E-state index in [0.29, 0.717) is 23.9 Å². The Kier molecular flexibility index (Phi) is 5.24. The van der Waals surface area contributed by atoms with Gasteiger partial charge in [-0.2, -0.15) is 4.57 Å². The zero-order chi connectivity index (χ0) is 21.4. The minimum absolute atomic E-state index is 0.0327. The van der Waals surface area contributed by atoms with Gasteiger partial charge in [-0.1, -0.05) is 50.0 Å². The van der Waals surface area contributed by atoms with Crippen molar-refractivity contribution in [3.63, 3.8) is 0 Å². The number of carbonyl (C=O) groups excluding carboxylic acids is 1. The van der Waals surface area contributed by atoms with Crippen molar-refractivity contribution in [2.75, 3.05) is 5.32 Å². The lowest BCUT2D eigenvalue weighted by Gasteiger charge is -2.14. The Morgan fingerprint density at radius 1 is 1.23 bits per heavy atom. The number of hydrogen-bond donors (Lipinski definition) is 1. The molecule has 0 radical (unpaired) electrons. The molecule has 30 heavy (non-hydrogen) atoms. The van der Waals surface area contributed by atoms with E-state index in [0.717, 1.165) is 17.1 Å². The number of nitrogens with zero attached hydrogens (tertiary/aromatic N) is 3. The van der Waals surface area contributed by atoms with Crippen molar-refractivity contribution in [3.05, 3.63) is 75.7 Å². The fourth-order valence-corrected chi connectivity index (χ4v) is 4.05. The molecule has 0 bridgehead atoms. The maximum absolute atomic E-state index is 13.1. The summed E-state index contributed by atoms with van der Waals surface area (Å²) in [5.41, 5.74) is 4.28. The highest BCUT2D eigenvalue weighted by Crippen LogP contribution is 2.28. The van der Waals surface area contributed by atoms with Gasteiger partial charge in [0.15, 0.2) is 18.3 Å². The van der Waals surface area contributed by atoms with Crippen LogP contribution in [0.2, 0.25) is 0 Å². The van der Waals surface area contributed by atoms with E-state index >= 15 is 0 Å². The fraction of sp³-hybridized carbons (Fsp3) is 0.333. The van der Waals surface area contributed by atoms with Crippen LogP contribution in [0.25, 0.3) is 0 Å². The number of amides is 1. The van der Waals surface area contributed by atoms with Crippen molar-refractivity contribution in [2.45, 2.75) is 52.6 Å². The standard InChI is InChI=1S/C24H26N4O2/c1-5-19-16(4)27(14-22(29)25-18-12-10-17(11-13-18)15(2)3)24-26-20-8-6-7-9-21(20)28(24)23(19)30/h6-13,15,21H,5,14H2,1-4H3/p+1. The van der Waals surface area contributed by atoms with Crippen LogP contribution >= 0.6 is 0 Å². The van der Waals surface area contributed by atoms with Crippen LogP contribution < -0.4 is 15.4 Å². The quantitative estimate of drug-likeness (QED) is 0.776. The zero-order valence-corrected chi connectivity index (χ0v) is 17.8. The first-order valence-electron chi connectivity index (χ1n) is 10.4. The summed E-state index contributed by atoms with van der Waals surface area (Å²) in [6.07, 6.45) is 8.32. The first-order valence-corrected chi connectivity index (χ1v) is 10.4. The summed E-state index contributed by atoms with van der Waals surface area (Å²) >= 11 is 0. The van der Waals surface area contributed by atoms with E-state index in [1.807, 2.05) is 67.0 Å². The lowest BCUT2D eigenvalue weighted by Crippen LogP contribution is -2.49. The number of aliphatic imine (C=N–C) groups is 1. The molecule has 2 heterocycles. The summed E-state index contributed by atoms with van der Waals surface area (Å²) in [6, 6.07) is 7.70. The SMILES string of the molecule is CCc1c(C)[n+](CC(=O)Nc2ccc(C(C)C)cc2)c2n(c1=O)C1C=CC=CC1=N2. The van der Waals surface area contributed by atoms with Gasteiger partial charge in [0, 0.05) is 5.69 Å². The van der Waals surface area contributed by atoms with Gasteiger partial charge in [0.05, 0.1) is 11.3 Å². The van der Waals surface area contributed by atoms with Gasteiger partial charge in [-0.15, -0.1) is 0 Å². The third-order valence-corrected chi connectivity index (χ3v) is 5.77.